The Hall–Kier alpha value is -1.66. The fraction of sp³-hybridized carbons (Fsp3) is 0.538. The number of para-hydroxylation sites is 2. The molecule has 0 aromatic heterocycles. The van der Waals surface area contributed by atoms with E-state index in [1.54, 1.807) is 12.1 Å². The average molecular weight is 268 g/mol. The number of hydrogen-bond acceptors (Lipinski definition) is 5. The van der Waals surface area contributed by atoms with Crippen molar-refractivity contribution in [3.8, 4) is 5.75 Å². The van der Waals surface area contributed by atoms with Gasteiger partial charge in [0.15, 0.2) is 5.75 Å². The third-order valence-corrected chi connectivity index (χ3v) is 2.36. The lowest BCUT2D eigenvalue weighted by Gasteiger charge is -2.22. The largest absolute Gasteiger partial charge is 0.484 e. The van der Waals surface area contributed by atoms with Crippen LogP contribution in [0.4, 0.5) is 5.69 Å². The van der Waals surface area contributed by atoms with Gasteiger partial charge < -0.3 is 15.2 Å². The second-order valence-electron chi connectivity index (χ2n) is 5.32. The van der Waals surface area contributed by atoms with Gasteiger partial charge in [-0.05, 0) is 26.8 Å². The quantitative estimate of drug-likeness (QED) is 0.606. The van der Waals surface area contributed by atoms with Crippen LogP contribution in [0.15, 0.2) is 24.3 Å². The van der Waals surface area contributed by atoms with E-state index in [1.807, 2.05) is 20.8 Å². The molecule has 106 valence electrons. The summed E-state index contributed by atoms with van der Waals surface area (Å²) in [6, 6.07) is 6.11. The van der Waals surface area contributed by atoms with E-state index in [9.17, 15) is 15.2 Å². The fourth-order valence-electron chi connectivity index (χ4n) is 1.40. The molecule has 0 aliphatic rings. The maximum atomic E-state index is 10.8. The maximum absolute atomic E-state index is 10.8. The van der Waals surface area contributed by atoms with Crippen molar-refractivity contribution in [2.24, 2.45) is 0 Å². The molecule has 0 fully saturated rings. The number of aliphatic hydroxyl groups is 1. The lowest BCUT2D eigenvalue weighted by Crippen LogP contribution is -2.42. The molecule has 1 aromatic carbocycles. The molecule has 1 atom stereocenters. The van der Waals surface area contributed by atoms with E-state index in [0.717, 1.165) is 0 Å². The zero-order valence-electron chi connectivity index (χ0n) is 11.4. The van der Waals surface area contributed by atoms with Crippen LogP contribution in [0.1, 0.15) is 20.8 Å². The lowest BCUT2D eigenvalue weighted by molar-refractivity contribution is -0.385. The molecule has 1 unspecified atom stereocenters. The molecule has 19 heavy (non-hydrogen) atoms. The Kier molecular flexibility index (Phi) is 5.26. The van der Waals surface area contributed by atoms with Gasteiger partial charge in [0.1, 0.15) is 12.7 Å². The van der Waals surface area contributed by atoms with Crippen molar-refractivity contribution < 1.29 is 14.8 Å². The molecule has 0 saturated heterocycles. The summed E-state index contributed by atoms with van der Waals surface area (Å²) < 4.78 is 5.29. The molecule has 0 aliphatic carbocycles. The predicted octanol–water partition coefficient (Wildman–Crippen LogP) is 1.72. The van der Waals surface area contributed by atoms with Crippen molar-refractivity contribution in [3.05, 3.63) is 34.4 Å². The molecular formula is C13H20N2O4. The molecule has 0 spiro atoms. The first-order valence-electron chi connectivity index (χ1n) is 6.09. The van der Waals surface area contributed by atoms with Crippen LogP contribution in [-0.2, 0) is 0 Å². The van der Waals surface area contributed by atoms with E-state index in [1.165, 1.54) is 12.1 Å². The molecule has 0 amide bonds. The van der Waals surface area contributed by atoms with Gasteiger partial charge in [0.25, 0.3) is 0 Å². The van der Waals surface area contributed by atoms with E-state index < -0.39 is 11.0 Å². The van der Waals surface area contributed by atoms with Gasteiger partial charge in [-0.1, -0.05) is 12.1 Å². The molecule has 6 heteroatoms. The number of nitrogens with one attached hydrogen (secondary N) is 1. The Labute approximate surface area is 112 Å². The first kappa shape index (κ1) is 15.4. The zero-order chi connectivity index (χ0) is 14.5. The van der Waals surface area contributed by atoms with Crippen LogP contribution >= 0.6 is 0 Å². The van der Waals surface area contributed by atoms with E-state index in [-0.39, 0.29) is 23.6 Å². The van der Waals surface area contributed by atoms with Crippen molar-refractivity contribution in [1.29, 1.82) is 0 Å². The highest BCUT2D eigenvalue weighted by atomic mass is 16.6. The van der Waals surface area contributed by atoms with E-state index in [4.69, 9.17) is 4.74 Å². The molecular weight excluding hydrogens is 248 g/mol. The average Bonchev–Trinajstić information content (AvgIpc) is 2.33. The van der Waals surface area contributed by atoms with Crippen LogP contribution in [0.5, 0.6) is 5.75 Å². The third-order valence-electron chi connectivity index (χ3n) is 2.36. The van der Waals surface area contributed by atoms with E-state index >= 15 is 0 Å². The van der Waals surface area contributed by atoms with Crippen molar-refractivity contribution in [2.45, 2.75) is 32.4 Å². The molecule has 6 nitrogen and oxygen atoms in total. The summed E-state index contributed by atoms with van der Waals surface area (Å²) in [5.41, 5.74) is -0.196. The van der Waals surface area contributed by atoms with Crippen LogP contribution in [-0.4, -0.2) is 34.8 Å². The van der Waals surface area contributed by atoms with Crippen LogP contribution in [0.2, 0.25) is 0 Å². The minimum atomic E-state index is -0.723. The zero-order valence-corrected chi connectivity index (χ0v) is 11.4. The number of rotatable bonds is 6. The Balaban J connectivity index is 2.51. The van der Waals surface area contributed by atoms with Gasteiger partial charge in [-0.25, -0.2) is 0 Å². The smallest absolute Gasteiger partial charge is 0.310 e. The van der Waals surface area contributed by atoms with Gasteiger partial charge >= 0.3 is 5.69 Å². The fourth-order valence-corrected chi connectivity index (χ4v) is 1.40. The van der Waals surface area contributed by atoms with Crippen molar-refractivity contribution >= 4 is 5.69 Å². The summed E-state index contributed by atoms with van der Waals surface area (Å²) in [7, 11) is 0. The molecule has 1 rings (SSSR count). The topological polar surface area (TPSA) is 84.6 Å². The van der Waals surface area contributed by atoms with Crippen molar-refractivity contribution in [3.63, 3.8) is 0 Å². The van der Waals surface area contributed by atoms with Gasteiger partial charge in [-0.2, -0.15) is 0 Å². The summed E-state index contributed by atoms with van der Waals surface area (Å²) in [5, 5.41) is 23.7. The highest BCUT2D eigenvalue weighted by Crippen LogP contribution is 2.25. The Morgan fingerprint density at radius 2 is 2.05 bits per heavy atom. The number of benzene rings is 1. The Morgan fingerprint density at radius 3 is 2.63 bits per heavy atom. The number of nitro groups is 1. The van der Waals surface area contributed by atoms with Crippen molar-refractivity contribution in [1.82, 2.24) is 5.32 Å². The number of aliphatic hydroxyl groups excluding tert-OH is 1. The SMILES string of the molecule is CC(C)(C)NCC(O)COc1ccccc1[N+](=O)[O-]. The molecule has 0 heterocycles. The summed E-state index contributed by atoms with van der Waals surface area (Å²) in [6.07, 6.45) is -0.723. The van der Waals surface area contributed by atoms with Crippen LogP contribution in [0.25, 0.3) is 0 Å². The van der Waals surface area contributed by atoms with Crippen molar-refractivity contribution in [2.75, 3.05) is 13.2 Å². The molecule has 0 bridgehead atoms. The number of nitro benzene ring substituents is 1. The second kappa shape index (κ2) is 6.49. The van der Waals surface area contributed by atoms with Gasteiger partial charge in [-0.15, -0.1) is 0 Å². The Bertz CT molecular complexity index is 429. The summed E-state index contributed by atoms with van der Waals surface area (Å²) >= 11 is 0. The highest BCUT2D eigenvalue weighted by molar-refractivity contribution is 5.45. The number of β-amino-alcohol motifs (C(OH)–C–C–N with tert-alkyl or cyclic N) is 1. The molecule has 1 aromatic rings. The monoisotopic (exact) mass is 268 g/mol. The van der Waals surface area contributed by atoms with Gasteiger partial charge in [-0.3, -0.25) is 10.1 Å². The van der Waals surface area contributed by atoms with Gasteiger partial charge in [0, 0.05) is 18.2 Å². The van der Waals surface area contributed by atoms with E-state index in [2.05, 4.69) is 5.32 Å². The predicted molar refractivity (Wildman–Crippen MR) is 72.4 cm³/mol. The minimum Gasteiger partial charge on any atom is -0.484 e. The summed E-state index contributed by atoms with van der Waals surface area (Å²) in [5.74, 6) is 0.169. The molecule has 0 radical (unpaired) electrons. The molecule has 0 aliphatic heterocycles. The number of nitrogens with zero attached hydrogens (tertiary/aromatic N) is 1. The van der Waals surface area contributed by atoms with Gasteiger partial charge in [0.05, 0.1) is 4.92 Å². The minimum absolute atomic E-state index is 0.00787. The van der Waals surface area contributed by atoms with Gasteiger partial charge in [0.2, 0.25) is 0 Å². The van der Waals surface area contributed by atoms with E-state index in [0.29, 0.717) is 6.54 Å². The molecule has 2 N–H and O–H groups in total. The third kappa shape index (κ3) is 5.67. The lowest BCUT2D eigenvalue weighted by atomic mass is 10.1. The van der Waals surface area contributed by atoms with Crippen LogP contribution in [0.3, 0.4) is 0 Å². The molecule has 0 saturated carbocycles. The van der Waals surface area contributed by atoms with Crippen LogP contribution in [0, 0.1) is 10.1 Å². The second-order valence-corrected chi connectivity index (χ2v) is 5.32. The normalized spacial score (nSPS) is 13.1. The maximum Gasteiger partial charge on any atom is 0.310 e. The summed E-state index contributed by atoms with van der Waals surface area (Å²) in [6.45, 7) is 6.34. The number of ether oxygens (including phenoxy) is 1. The Morgan fingerprint density at radius 1 is 1.42 bits per heavy atom. The summed E-state index contributed by atoms with van der Waals surface area (Å²) in [4.78, 5) is 10.3. The highest BCUT2D eigenvalue weighted by Gasteiger charge is 2.16. The standard InChI is InChI=1S/C13H20N2O4/c1-13(2,3)14-8-10(16)9-19-12-7-5-4-6-11(12)15(17)18/h4-7,10,14,16H,8-9H2,1-3H3. The first-order valence-corrected chi connectivity index (χ1v) is 6.09. The number of hydrogen-bond donors (Lipinski definition) is 2. The van der Waals surface area contributed by atoms with Crippen LogP contribution < -0.4 is 10.1 Å². The first-order chi connectivity index (χ1) is 8.79.